The van der Waals surface area contributed by atoms with E-state index in [1.165, 1.54) is 13.4 Å². The molecule has 96 valence electrons. The average Bonchev–Trinajstić information content (AvgIpc) is 2.38. The third kappa shape index (κ3) is 2.75. The van der Waals surface area contributed by atoms with E-state index in [0.717, 1.165) is 0 Å². The van der Waals surface area contributed by atoms with Crippen molar-refractivity contribution in [1.29, 1.82) is 0 Å². The monoisotopic (exact) mass is 242 g/mol. The fraction of sp³-hybridized carbons (Fsp3) is 0.600. The van der Waals surface area contributed by atoms with Crippen molar-refractivity contribution in [2.45, 2.75) is 18.9 Å². The Labute approximate surface area is 99.7 Å². The summed E-state index contributed by atoms with van der Waals surface area (Å²) in [6.45, 7) is 1.38. The molecule has 0 amide bonds. The van der Waals surface area contributed by atoms with E-state index in [2.05, 4.69) is 15.3 Å². The Morgan fingerprint density at radius 2 is 2.06 bits per heavy atom. The van der Waals surface area contributed by atoms with Crippen LogP contribution < -0.4 is 15.8 Å². The number of rotatable bonds is 6. The Hall–Kier alpha value is -1.60. The summed E-state index contributed by atoms with van der Waals surface area (Å²) < 4.78 is 4.96. The van der Waals surface area contributed by atoms with Crippen molar-refractivity contribution in [1.82, 2.24) is 9.97 Å². The van der Waals surface area contributed by atoms with Crippen molar-refractivity contribution >= 4 is 11.5 Å². The fourth-order valence-electron chi connectivity index (χ4n) is 1.33. The third-order valence-electron chi connectivity index (χ3n) is 2.71. The zero-order chi connectivity index (χ0) is 12.9. The summed E-state index contributed by atoms with van der Waals surface area (Å²) >= 11 is 0. The lowest BCUT2D eigenvalue weighted by molar-refractivity contribution is 0.132. The molecule has 1 aromatic rings. The number of hydrogen-bond acceptors (Lipinski definition) is 7. The number of ether oxygens (including phenoxy) is 1. The number of nitrogens with zero attached hydrogens (tertiary/aromatic N) is 2. The second kappa shape index (κ2) is 5.65. The molecule has 0 aliphatic carbocycles. The second-order valence-electron chi connectivity index (χ2n) is 3.72. The number of anilines is 2. The van der Waals surface area contributed by atoms with Crippen LogP contribution in [0.1, 0.15) is 13.3 Å². The van der Waals surface area contributed by atoms with Gasteiger partial charge in [-0.2, -0.15) is 4.98 Å². The number of nitrogen functional groups attached to an aromatic ring is 1. The van der Waals surface area contributed by atoms with Crippen molar-refractivity contribution in [2.75, 3.05) is 31.4 Å². The van der Waals surface area contributed by atoms with Gasteiger partial charge in [-0.1, -0.05) is 6.92 Å². The van der Waals surface area contributed by atoms with Crippen LogP contribution in [-0.4, -0.2) is 46.0 Å². The summed E-state index contributed by atoms with van der Waals surface area (Å²) in [7, 11) is 1.45. The van der Waals surface area contributed by atoms with E-state index in [1.54, 1.807) is 0 Å². The minimum atomic E-state index is -0.854. The number of aliphatic hydroxyl groups excluding tert-OH is 2. The van der Waals surface area contributed by atoms with E-state index in [9.17, 15) is 10.2 Å². The lowest BCUT2D eigenvalue weighted by atomic mass is 9.98. The highest BCUT2D eigenvalue weighted by molar-refractivity contribution is 5.67. The molecule has 0 aliphatic rings. The maximum Gasteiger partial charge on any atom is 0.242 e. The minimum Gasteiger partial charge on any atom is -0.479 e. The topological polar surface area (TPSA) is 114 Å². The van der Waals surface area contributed by atoms with Crippen LogP contribution in [-0.2, 0) is 0 Å². The molecular weight excluding hydrogens is 224 g/mol. The smallest absolute Gasteiger partial charge is 0.242 e. The van der Waals surface area contributed by atoms with Gasteiger partial charge in [0.05, 0.1) is 25.9 Å². The van der Waals surface area contributed by atoms with Crippen LogP contribution in [0.15, 0.2) is 6.33 Å². The number of aliphatic hydroxyl groups is 2. The molecule has 0 spiro atoms. The Morgan fingerprint density at radius 3 is 2.53 bits per heavy atom. The average molecular weight is 242 g/mol. The van der Waals surface area contributed by atoms with Crippen LogP contribution in [0.2, 0.25) is 0 Å². The van der Waals surface area contributed by atoms with Gasteiger partial charge in [-0.15, -0.1) is 0 Å². The molecule has 0 atom stereocenters. The quantitative estimate of drug-likeness (QED) is 0.537. The third-order valence-corrected chi connectivity index (χ3v) is 2.71. The van der Waals surface area contributed by atoms with E-state index in [0.29, 0.717) is 12.2 Å². The van der Waals surface area contributed by atoms with E-state index >= 15 is 0 Å². The first-order chi connectivity index (χ1) is 8.12. The molecule has 0 fully saturated rings. The van der Waals surface area contributed by atoms with Gasteiger partial charge in [0.1, 0.15) is 12.0 Å². The molecular formula is C10H18N4O3. The van der Waals surface area contributed by atoms with Crippen molar-refractivity contribution in [3.05, 3.63) is 6.33 Å². The molecule has 0 radical (unpaired) electrons. The highest BCUT2D eigenvalue weighted by Crippen LogP contribution is 2.27. The summed E-state index contributed by atoms with van der Waals surface area (Å²) in [5, 5.41) is 21.6. The molecule has 1 heterocycles. The molecule has 1 rings (SSSR count). The van der Waals surface area contributed by atoms with Gasteiger partial charge in [-0.3, -0.25) is 0 Å². The number of aromatic nitrogens is 2. The molecule has 5 N–H and O–H groups in total. The number of nitrogens with one attached hydrogen (secondary N) is 1. The molecule has 0 aliphatic heterocycles. The predicted octanol–water partition coefficient (Wildman–Crippen LogP) is -0.387. The first-order valence-corrected chi connectivity index (χ1v) is 5.26. The van der Waals surface area contributed by atoms with Crippen LogP contribution in [0.5, 0.6) is 5.88 Å². The highest BCUT2D eigenvalue weighted by atomic mass is 16.5. The van der Waals surface area contributed by atoms with Crippen LogP contribution in [0.4, 0.5) is 11.5 Å². The van der Waals surface area contributed by atoms with Gasteiger partial charge in [0.15, 0.2) is 5.82 Å². The zero-order valence-electron chi connectivity index (χ0n) is 9.97. The lowest BCUT2D eigenvalue weighted by Crippen LogP contribution is -2.45. The molecule has 0 bridgehead atoms. The second-order valence-corrected chi connectivity index (χ2v) is 3.72. The van der Waals surface area contributed by atoms with Gasteiger partial charge in [0.25, 0.3) is 0 Å². The Kier molecular flexibility index (Phi) is 4.47. The van der Waals surface area contributed by atoms with E-state index in [4.69, 9.17) is 10.5 Å². The van der Waals surface area contributed by atoms with Crippen LogP contribution in [0.25, 0.3) is 0 Å². The first kappa shape index (κ1) is 13.5. The zero-order valence-corrected chi connectivity index (χ0v) is 9.97. The molecule has 0 saturated heterocycles. The number of methoxy groups -OCH3 is 1. The summed E-state index contributed by atoms with van der Waals surface area (Å²) in [6.07, 6.45) is 1.82. The molecule has 0 saturated carbocycles. The molecule has 0 aromatic carbocycles. The van der Waals surface area contributed by atoms with E-state index in [-0.39, 0.29) is 24.8 Å². The van der Waals surface area contributed by atoms with Crippen molar-refractivity contribution in [3.63, 3.8) is 0 Å². The lowest BCUT2D eigenvalue weighted by Gasteiger charge is -2.30. The molecule has 7 heteroatoms. The number of nitrogens with two attached hydrogens (primary N) is 1. The summed E-state index contributed by atoms with van der Waals surface area (Å²) in [4.78, 5) is 7.81. The van der Waals surface area contributed by atoms with Crippen LogP contribution in [0.3, 0.4) is 0 Å². The Balaban J connectivity index is 3.01. The Bertz CT molecular complexity index is 360. The summed E-state index contributed by atoms with van der Waals surface area (Å²) in [6, 6.07) is 0. The van der Waals surface area contributed by atoms with Gasteiger partial charge >= 0.3 is 0 Å². The van der Waals surface area contributed by atoms with Gasteiger partial charge in [-0.25, -0.2) is 4.98 Å². The van der Waals surface area contributed by atoms with Gasteiger partial charge in [0, 0.05) is 0 Å². The van der Waals surface area contributed by atoms with Crippen molar-refractivity contribution in [2.24, 2.45) is 0 Å². The number of hydrogen-bond donors (Lipinski definition) is 4. The summed E-state index contributed by atoms with van der Waals surface area (Å²) in [5.41, 5.74) is 5.18. The first-order valence-electron chi connectivity index (χ1n) is 5.26. The van der Waals surface area contributed by atoms with Crippen LogP contribution in [0, 0.1) is 0 Å². The maximum absolute atomic E-state index is 9.32. The normalized spacial score (nSPS) is 11.3. The molecule has 0 unspecified atom stereocenters. The Morgan fingerprint density at radius 1 is 1.41 bits per heavy atom. The SMILES string of the molecule is CCC(CO)(CO)Nc1ncnc(OC)c1N. The van der Waals surface area contributed by atoms with E-state index < -0.39 is 5.54 Å². The molecule has 17 heavy (non-hydrogen) atoms. The molecule has 7 nitrogen and oxygen atoms in total. The maximum atomic E-state index is 9.32. The standard InChI is InChI=1S/C10H18N4O3/c1-3-10(4-15,5-16)14-8-7(11)9(17-2)13-6-12-8/h6,15-16H,3-5,11H2,1-2H3,(H,12,13,14). The van der Waals surface area contributed by atoms with Crippen LogP contribution >= 0.6 is 0 Å². The van der Waals surface area contributed by atoms with Crippen molar-refractivity contribution in [3.8, 4) is 5.88 Å². The molecule has 1 aromatic heterocycles. The largest absolute Gasteiger partial charge is 0.479 e. The minimum absolute atomic E-state index is 0.230. The highest BCUT2D eigenvalue weighted by Gasteiger charge is 2.28. The van der Waals surface area contributed by atoms with E-state index in [1.807, 2.05) is 6.92 Å². The van der Waals surface area contributed by atoms with Gasteiger partial charge in [-0.05, 0) is 6.42 Å². The van der Waals surface area contributed by atoms with Gasteiger partial charge in [0.2, 0.25) is 5.88 Å². The fourth-order valence-corrected chi connectivity index (χ4v) is 1.33. The van der Waals surface area contributed by atoms with Gasteiger partial charge < -0.3 is 26.0 Å². The predicted molar refractivity (Wildman–Crippen MR) is 63.8 cm³/mol. The van der Waals surface area contributed by atoms with Crippen molar-refractivity contribution < 1.29 is 14.9 Å². The summed E-state index contributed by atoms with van der Waals surface area (Å²) in [5.74, 6) is 0.588.